The van der Waals surface area contributed by atoms with Gasteiger partial charge in [-0.2, -0.15) is 4.99 Å². The Morgan fingerprint density at radius 2 is 1.88 bits per heavy atom. The van der Waals surface area contributed by atoms with Gasteiger partial charge in [-0.05, 0) is 43.2 Å². The molecule has 0 radical (unpaired) electrons. The number of carbonyl (C=O) groups is 2. The molecular weight excluding hydrogens is 336 g/mol. The highest BCUT2D eigenvalue weighted by Gasteiger charge is 2.12. The molecule has 1 aromatic heterocycles. The zero-order chi connectivity index (χ0) is 18.0. The first-order valence-corrected chi connectivity index (χ1v) is 8.79. The second-order valence-corrected chi connectivity index (χ2v) is 6.81. The molecule has 0 saturated carbocycles. The third-order valence-corrected chi connectivity index (χ3v) is 4.99. The number of thiazole rings is 1. The predicted octanol–water partition coefficient (Wildman–Crippen LogP) is 3.40. The number of hydrogen-bond acceptors (Lipinski definition) is 3. The van der Waals surface area contributed by atoms with E-state index < -0.39 is 5.97 Å². The first-order valence-electron chi connectivity index (χ1n) is 7.97. The minimum absolute atomic E-state index is 0.231. The third kappa shape index (κ3) is 3.69. The maximum absolute atomic E-state index is 12.4. The maximum Gasteiger partial charge on any atom is 0.323 e. The van der Waals surface area contributed by atoms with E-state index in [1.807, 2.05) is 37.3 Å². The van der Waals surface area contributed by atoms with Crippen LogP contribution in [0.25, 0.3) is 10.2 Å². The quantitative estimate of drug-likeness (QED) is 0.780. The van der Waals surface area contributed by atoms with Gasteiger partial charge in [0.05, 0.1) is 10.2 Å². The van der Waals surface area contributed by atoms with Crippen molar-refractivity contribution in [3.8, 4) is 0 Å². The largest absolute Gasteiger partial charge is 0.480 e. The molecule has 0 saturated heterocycles. The number of rotatable bonds is 4. The fourth-order valence-electron chi connectivity index (χ4n) is 2.56. The summed E-state index contributed by atoms with van der Waals surface area (Å²) in [5, 5.41) is 9.21. The Hall–Kier alpha value is -2.73. The molecule has 0 bridgehead atoms. The Morgan fingerprint density at radius 3 is 2.52 bits per heavy atom. The van der Waals surface area contributed by atoms with Crippen molar-refractivity contribution in [3.05, 3.63) is 64.0 Å². The van der Waals surface area contributed by atoms with Gasteiger partial charge in [-0.3, -0.25) is 9.59 Å². The summed E-state index contributed by atoms with van der Waals surface area (Å²) in [6.45, 7) is 3.78. The number of carbonyl (C=O) groups excluding carboxylic acids is 1. The fourth-order valence-corrected chi connectivity index (χ4v) is 3.65. The van der Waals surface area contributed by atoms with Crippen LogP contribution in [-0.2, 0) is 17.8 Å². The maximum atomic E-state index is 12.4. The van der Waals surface area contributed by atoms with Crippen LogP contribution in [0.2, 0.25) is 0 Å². The second-order valence-electron chi connectivity index (χ2n) is 5.80. The molecule has 0 spiro atoms. The summed E-state index contributed by atoms with van der Waals surface area (Å²) in [6.07, 6.45) is 0.890. The number of aromatic nitrogens is 1. The van der Waals surface area contributed by atoms with E-state index in [9.17, 15) is 14.7 Å². The Morgan fingerprint density at radius 1 is 1.16 bits per heavy atom. The SMILES string of the molecule is CCc1ccc2c(c1)s/c(=N\C(=O)c1ccc(C)cc1)n2CC(=O)O. The van der Waals surface area contributed by atoms with Gasteiger partial charge < -0.3 is 9.67 Å². The summed E-state index contributed by atoms with van der Waals surface area (Å²) in [4.78, 5) is 28.3. The van der Waals surface area contributed by atoms with Gasteiger partial charge in [0.25, 0.3) is 5.91 Å². The molecule has 128 valence electrons. The standard InChI is InChI=1S/C19H18N2O3S/c1-3-13-6-9-15-16(10-13)25-19(21(15)11-17(22)23)20-18(24)14-7-4-12(2)5-8-14/h4-10H,3,11H2,1-2H3,(H,22,23)/b20-19-. The number of aliphatic carboxylic acids is 1. The van der Waals surface area contributed by atoms with Crippen LogP contribution in [0.4, 0.5) is 0 Å². The van der Waals surface area contributed by atoms with Crippen LogP contribution in [0.15, 0.2) is 47.5 Å². The predicted molar refractivity (Wildman–Crippen MR) is 97.9 cm³/mol. The Kier molecular flexibility index (Phi) is 4.81. The highest BCUT2D eigenvalue weighted by Crippen LogP contribution is 2.20. The van der Waals surface area contributed by atoms with Crippen LogP contribution in [-0.4, -0.2) is 21.6 Å². The molecule has 0 aliphatic carbocycles. The van der Waals surface area contributed by atoms with Crippen LogP contribution in [0.5, 0.6) is 0 Å². The van der Waals surface area contributed by atoms with E-state index in [1.165, 1.54) is 11.3 Å². The molecule has 1 N–H and O–H groups in total. The number of amides is 1. The molecule has 0 aliphatic rings. The van der Waals surface area contributed by atoms with Crippen molar-refractivity contribution in [1.82, 2.24) is 4.57 Å². The summed E-state index contributed by atoms with van der Waals surface area (Å²) in [5.41, 5.74) is 3.48. The Bertz CT molecular complexity index is 1010. The van der Waals surface area contributed by atoms with Crippen LogP contribution >= 0.6 is 11.3 Å². The van der Waals surface area contributed by atoms with Gasteiger partial charge in [-0.15, -0.1) is 0 Å². The molecule has 3 rings (SSSR count). The molecule has 2 aromatic carbocycles. The molecule has 6 heteroatoms. The average Bonchev–Trinajstić information content (AvgIpc) is 2.91. The molecule has 5 nitrogen and oxygen atoms in total. The number of nitrogens with zero attached hydrogens (tertiary/aromatic N) is 2. The lowest BCUT2D eigenvalue weighted by molar-refractivity contribution is -0.137. The molecule has 3 aromatic rings. The summed E-state index contributed by atoms with van der Waals surface area (Å²) in [6, 6.07) is 13.0. The molecule has 1 heterocycles. The van der Waals surface area contributed by atoms with Crippen molar-refractivity contribution in [1.29, 1.82) is 0 Å². The fraction of sp³-hybridized carbons (Fsp3) is 0.211. The van der Waals surface area contributed by atoms with Gasteiger partial charge >= 0.3 is 5.97 Å². The van der Waals surface area contributed by atoms with E-state index in [0.29, 0.717) is 10.4 Å². The van der Waals surface area contributed by atoms with Gasteiger partial charge in [0.2, 0.25) is 0 Å². The summed E-state index contributed by atoms with van der Waals surface area (Å²) >= 11 is 1.33. The summed E-state index contributed by atoms with van der Waals surface area (Å²) < 4.78 is 2.50. The Balaban J connectivity index is 2.14. The van der Waals surface area contributed by atoms with E-state index in [1.54, 1.807) is 16.7 Å². The molecule has 0 atom stereocenters. The minimum Gasteiger partial charge on any atom is -0.480 e. The average molecular weight is 354 g/mol. The number of fused-ring (bicyclic) bond motifs is 1. The smallest absolute Gasteiger partial charge is 0.323 e. The zero-order valence-corrected chi connectivity index (χ0v) is 14.8. The Labute approximate surface area is 148 Å². The number of carboxylic acids is 1. The molecular formula is C19H18N2O3S. The first-order chi connectivity index (χ1) is 12.0. The molecule has 0 fully saturated rings. The van der Waals surface area contributed by atoms with Crippen molar-refractivity contribution >= 4 is 33.4 Å². The van der Waals surface area contributed by atoms with E-state index in [-0.39, 0.29) is 12.5 Å². The first kappa shape index (κ1) is 17.1. The van der Waals surface area contributed by atoms with Crippen LogP contribution in [0, 0.1) is 6.92 Å². The van der Waals surface area contributed by atoms with Crippen molar-refractivity contribution in [2.24, 2.45) is 4.99 Å². The van der Waals surface area contributed by atoms with Crippen LogP contribution in [0.1, 0.15) is 28.4 Å². The monoisotopic (exact) mass is 354 g/mol. The van der Waals surface area contributed by atoms with E-state index >= 15 is 0 Å². The van der Waals surface area contributed by atoms with E-state index in [0.717, 1.165) is 27.8 Å². The number of aryl methyl sites for hydroxylation is 2. The van der Waals surface area contributed by atoms with Gasteiger partial charge in [0, 0.05) is 5.56 Å². The normalized spacial score (nSPS) is 11.8. The van der Waals surface area contributed by atoms with Crippen LogP contribution in [0.3, 0.4) is 0 Å². The van der Waals surface area contributed by atoms with Crippen LogP contribution < -0.4 is 4.80 Å². The van der Waals surface area contributed by atoms with Crippen molar-refractivity contribution in [2.45, 2.75) is 26.8 Å². The van der Waals surface area contributed by atoms with E-state index in [4.69, 9.17) is 0 Å². The molecule has 0 aliphatic heterocycles. The van der Waals surface area contributed by atoms with Crippen molar-refractivity contribution < 1.29 is 14.7 Å². The third-order valence-electron chi connectivity index (χ3n) is 3.94. The number of carboxylic acid groups (broad SMARTS) is 1. The van der Waals surface area contributed by atoms with Crippen molar-refractivity contribution in [3.63, 3.8) is 0 Å². The molecule has 1 amide bonds. The molecule has 25 heavy (non-hydrogen) atoms. The summed E-state index contributed by atoms with van der Waals surface area (Å²) in [5.74, 6) is -1.34. The zero-order valence-electron chi connectivity index (χ0n) is 14.0. The summed E-state index contributed by atoms with van der Waals surface area (Å²) in [7, 11) is 0. The highest BCUT2D eigenvalue weighted by molar-refractivity contribution is 7.16. The lowest BCUT2D eigenvalue weighted by atomic mass is 10.1. The highest BCUT2D eigenvalue weighted by atomic mass is 32.1. The van der Waals surface area contributed by atoms with Gasteiger partial charge in [-0.25, -0.2) is 0 Å². The number of benzene rings is 2. The lowest BCUT2D eigenvalue weighted by Crippen LogP contribution is -2.21. The number of hydrogen-bond donors (Lipinski definition) is 1. The van der Waals surface area contributed by atoms with Gasteiger partial charge in [0.1, 0.15) is 6.54 Å². The topological polar surface area (TPSA) is 71.7 Å². The van der Waals surface area contributed by atoms with Gasteiger partial charge in [-0.1, -0.05) is 42.0 Å². The second kappa shape index (κ2) is 7.03. The van der Waals surface area contributed by atoms with Crippen molar-refractivity contribution in [2.75, 3.05) is 0 Å². The lowest BCUT2D eigenvalue weighted by Gasteiger charge is -2.02. The van der Waals surface area contributed by atoms with E-state index in [2.05, 4.69) is 11.9 Å². The molecule has 0 unspecified atom stereocenters. The minimum atomic E-state index is -0.969. The van der Waals surface area contributed by atoms with Gasteiger partial charge in [0.15, 0.2) is 4.80 Å².